The van der Waals surface area contributed by atoms with Gasteiger partial charge in [0.15, 0.2) is 11.0 Å². The second-order valence-corrected chi connectivity index (χ2v) is 8.85. The molecule has 1 fully saturated rings. The first kappa shape index (κ1) is 23.0. The molecule has 3 aromatic rings. The lowest BCUT2D eigenvalue weighted by atomic mass is 10.1. The summed E-state index contributed by atoms with van der Waals surface area (Å²) in [5.41, 5.74) is 4.36. The molecule has 0 aliphatic carbocycles. The fourth-order valence-corrected chi connectivity index (χ4v) is 4.33. The number of ether oxygens (including phenoxy) is 1. The van der Waals surface area contributed by atoms with Crippen LogP contribution in [0.1, 0.15) is 11.1 Å². The van der Waals surface area contributed by atoms with E-state index >= 15 is 0 Å². The van der Waals surface area contributed by atoms with Crippen molar-refractivity contribution >= 4 is 23.6 Å². The van der Waals surface area contributed by atoms with Crippen molar-refractivity contribution in [2.45, 2.75) is 19.0 Å². The van der Waals surface area contributed by atoms with Gasteiger partial charge in [0.05, 0.1) is 18.9 Å². The first-order valence-corrected chi connectivity index (χ1v) is 11.9. The molecule has 172 valence electrons. The van der Waals surface area contributed by atoms with E-state index in [9.17, 15) is 9.59 Å². The van der Waals surface area contributed by atoms with Crippen LogP contribution in [0.4, 0.5) is 0 Å². The summed E-state index contributed by atoms with van der Waals surface area (Å²) in [5.74, 6) is 0.221. The molecule has 1 aliphatic rings. The van der Waals surface area contributed by atoms with Crippen LogP contribution in [0.2, 0.25) is 0 Å². The standard InChI is InChI=1S/C24H27N5O3S/c1-17-8-9-20(16-18(17)2)29-21(19-6-4-3-5-7-19)26-27-24(29)33-15-10-25-22(30)23(31)28-11-13-32-14-12-28/h3-9,16H,10-15H2,1-2H3,(H,25,30). The molecule has 1 aliphatic heterocycles. The molecule has 0 radical (unpaired) electrons. The van der Waals surface area contributed by atoms with E-state index < -0.39 is 11.8 Å². The minimum atomic E-state index is -0.585. The van der Waals surface area contributed by atoms with Gasteiger partial charge in [0.25, 0.3) is 0 Å². The van der Waals surface area contributed by atoms with Gasteiger partial charge >= 0.3 is 11.8 Å². The van der Waals surface area contributed by atoms with Crippen LogP contribution in [0, 0.1) is 13.8 Å². The minimum Gasteiger partial charge on any atom is -0.378 e. The topological polar surface area (TPSA) is 89.4 Å². The number of hydrogen-bond donors (Lipinski definition) is 1. The molecule has 2 amide bonds. The Kier molecular flexibility index (Phi) is 7.41. The van der Waals surface area contributed by atoms with Gasteiger partial charge in [0.1, 0.15) is 0 Å². The van der Waals surface area contributed by atoms with E-state index in [0.29, 0.717) is 38.6 Å². The lowest BCUT2D eigenvalue weighted by Crippen LogP contribution is -2.48. The molecule has 9 heteroatoms. The summed E-state index contributed by atoms with van der Waals surface area (Å²) < 4.78 is 7.26. The second kappa shape index (κ2) is 10.6. The number of rotatable bonds is 6. The van der Waals surface area contributed by atoms with Crippen molar-refractivity contribution in [3.05, 3.63) is 59.7 Å². The van der Waals surface area contributed by atoms with Gasteiger partial charge in [-0.3, -0.25) is 14.2 Å². The summed E-state index contributed by atoms with van der Waals surface area (Å²) in [6.45, 7) is 6.34. The third-order valence-electron chi connectivity index (χ3n) is 5.53. The maximum atomic E-state index is 12.2. The van der Waals surface area contributed by atoms with Gasteiger partial charge in [0.2, 0.25) is 0 Å². The molecule has 1 aromatic heterocycles. The van der Waals surface area contributed by atoms with Gasteiger partial charge in [-0.25, -0.2) is 0 Å². The number of morpholine rings is 1. The highest BCUT2D eigenvalue weighted by molar-refractivity contribution is 7.99. The summed E-state index contributed by atoms with van der Waals surface area (Å²) >= 11 is 1.49. The Morgan fingerprint density at radius 2 is 1.79 bits per heavy atom. The molecule has 8 nitrogen and oxygen atoms in total. The van der Waals surface area contributed by atoms with Gasteiger partial charge in [-0.15, -0.1) is 10.2 Å². The molecule has 2 heterocycles. The second-order valence-electron chi connectivity index (χ2n) is 7.79. The number of carbonyl (C=O) groups excluding carboxylic acids is 2. The zero-order chi connectivity index (χ0) is 23.2. The van der Waals surface area contributed by atoms with Crippen molar-refractivity contribution in [2.24, 2.45) is 0 Å². The van der Waals surface area contributed by atoms with Crippen LogP contribution in [-0.2, 0) is 14.3 Å². The van der Waals surface area contributed by atoms with E-state index in [1.165, 1.54) is 27.8 Å². The van der Waals surface area contributed by atoms with E-state index in [1.807, 2.05) is 34.9 Å². The van der Waals surface area contributed by atoms with E-state index in [2.05, 4.69) is 47.6 Å². The van der Waals surface area contributed by atoms with E-state index in [-0.39, 0.29) is 0 Å². The van der Waals surface area contributed by atoms with Gasteiger partial charge in [-0.1, -0.05) is 48.2 Å². The van der Waals surface area contributed by atoms with Crippen LogP contribution < -0.4 is 5.32 Å². The fraction of sp³-hybridized carbons (Fsp3) is 0.333. The third-order valence-corrected chi connectivity index (χ3v) is 6.46. The SMILES string of the molecule is Cc1ccc(-n2c(SCCNC(=O)C(=O)N3CCOCC3)nnc2-c2ccccc2)cc1C. The Morgan fingerprint density at radius 3 is 2.52 bits per heavy atom. The highest BCUT2D eigenvalue weighted by atomic mass is 32.2. The van der Waals surface area contributed by atoms with Crippen molar-refractivity contribution in [1.82, 2.24) is 25.0 Å². The Morgan fingerprint density at radius 1 is 1.03 bits per heavy atom. The third kappa shape index (κ3) is 5.43. The molecule has 0 spiro atoms. The van der Waals surface area contributed by atoms with Crippen molar-refractivity contribution in [3.8, 4) is 17.1 Å². The molecule has 4 rings (SSSR count). The number of thioether (sulfide) groups is 1. The molecule has 0 saturated carbocycles. The largest absolute Gasteiger partial charge is 0.378 e. The number of amides is 2. The molecular weight excluding hydrogens is 438 g/mol. The predicted octanol–water partition coefficient (Wildman–Crippen LogP) is 2.62. The number of nitrogens with one attached hydrogen (secondary N) is 1. The van der Waals surface area contributed by atoms with Crippen LogP contribution in [-0.4, -0.2) is 70.1 Å². The van der Waals surface area contributed by atoms with Crippen molar-refractivity contribution in [1.29, 1.82) is 0 Å². The van der Waals surface area contributed by atoms with Crippen LogP contribution in [0.5, 0.6) is 0 Å². The first-order valence-electron chi connectivity index (χ1n) is 10.9. The lowest BCUT2D eigenvalue weighted by molar-refractivity contribution is -0.148. The van der Waals surface area contributed by atoms with Gasteiger partial charge in [0, 0.05) is 31.0 Å². The highest BCUT2D eigenvalue weighted by Crippen LogP contribution is 2.28. The van der Waals surface area contributed by atoms with Crippen LogP contribution in [0.25, 0.3) is 17.1 Å². The van der Waals surface area contributed by atoms with Crippen LogP contribution >= 0.6 is 11.8 Å². The Labute approximate surface area is 197 Å². The summed E-state index contributed by atoms with van der Waals surface area (Å²) in [5, 5.41) is 12.3. The smallest absolute Gasteiger partial charge is 0.312 e. The molecular formula is C24H27N5O3S. The molecule has 0 unspecified atom stereocenters. The molecule has 0 bridgehead atoms. The first-order chi connectivity index (χ1) is 16.0. The molecule has 33 heavy (non-hydrogen) atoms. The maximum Gasteiger partial charge on any atom is 0.312 e. The van der Waals surface area contributed by atoms with E-state index in [4.69, 9.17) is 4.74 Å². The Hall–Kier alpha value is -3.17. The van der Waals surface area contributed by atoms with Gasteiger partial charge in [-0.05, 0) is 37.1 Å². The van der Waals surface area contributed by atoms with Crippen molar-refractivity contribution in [3.63, 3.8) is 0 Å². The number of benzene rings is 2. The minimum absolute atomic E-state index is 0.347. The highest BCUT2D eigenvalue weighted by Gasteiger charge is 2.23. The molecule has 1 N–H and O–H groups in total. The number of nitrogens with zero attached hydrogens (tertiary/aromatic N) is 4. The summed E-state index contributed by atoms with van der Waals surface area (Å²) in [6.07, 6.45) is 0. The van der Waals surface area contributed by atoms with Crippen molar-refractivity contribution < 1.29 is 14.3 Å². The Bertz CT molecular complexity index is 1130. The van der Waals surface area contributed by atoms with E-state index in [0.717, 1.165) is 22.2 Å². The molecule has 1 saturated heterocycles. The average Bonchev–Trinajstić information content (AvgIpc) is 3.28. The summed E-state index contributed by atoms with van der Waals surface area (Å²) in [6, 6.07) is 16.2. The normalized spacial score (nSPS) is 13.7. The number of aryl methyl sites for hydroxylation is 2. The zero-order valence-electron chi connectivity index (χ0n) is 18.8. The average molecular weight is 466 g/mol. The van der Waals surface area contributed by atoms with E-state index in [1.54, 1.807) is 0 Å². The summed E-state index contributed by atoms with van der Waals surface area (Å²) in [4.78, 5) is 26.0. The molecule has 0 atom stereocenters. The lowest BCUT2D eigenvalue weighted by Gasteiger charge is -2.26. The number of aromatic nitrogens is 3. The maximum absolute atomic E-state index is 12.2. The zero-order valence-corrected chi connectivity index (χ0v) is 19.6. The van der Waals surface area contributed by atoms with Gasteiger partial charge in [-0.2, -0.15) is 0 Å². The van der Waals surface area contributed by atoms with Gasteiger partial charge < -0.3 is 15.0 Å². The van der Waals surface area contributed by atoms with Crippen LogP contribution in [0.3, 0.4) is 0 Å². The summed E-state index contributed by atoms with van der Waals surface area (Å²) in [7, 11) is 0. The molecule has 2 aromatic carbocycles. The monoisotopic (exact) mass is 465 g/mol. The van der Waals surface area contributed by atoms with Crippen molar-refractivity contribution in [2.75, 3.05) is 38.6 Å². The predicted molar refractivity (Wildman–Crippen MR) is 127 cm³/mol. The Balaban J connectivity index is 1.46. The fourth-order valence-electron chi connectivity index (χ4n) is 3.53. The number of carbonyl (C=O) groups is 2. The number of hydrogen-bond acceptors (Lipinski definition) is 6. The van der Waals surface area contributed by atoms with Crippen LogP contribution in [0.15, 0.2) is 53.7 Å². The quantitative estimate of drug-likeness (QED) is 0.342.